The zero-order chi connectivity index (χ0) is 22.6. The van der Waals surface area contributed by atoms with E-state index in [1.54, 1.807) is 12.3 Å². The molecule has 8 heteroatoms. The van der Waals surface area contributed by atoms with Crippen LogP contribution in [0.2, 0.25) is 0 Å². The second-order valence-electron chi connectivity index (χ2n) is 6.99. The Morgan fingerprint density at radius 2 is 1.78 bits per heavy atom. The van der Waals surface area contributed by atoms with Crippen LogP contribution in [0.15, 0.2) is 83.2 Å². The minimum atomic E-state index is -4.03. The standard InChI is InChI=1S/C24H18N2O4S2/c27-24(28)22(15-18-14-19-8-4-5-9-21(19)25-16-18)26-32(29,30)23-13-12-20(31-23)11-10-17-6-2-1-3-7-17/h1-9,12-14,16,22,26H,15H2,(H,27,28). The maximum atomic E-state index is 12.8. The molecule has 0 fully saturated rings. The summed E-state index contributed by atoms with van der Waals surface area (Å²) >= 11 is 0.992. The molecule has 0 radical (unpaired) electrons. The van der Waals surface area contributed by atoms with Gasteiger partial charge >= 0.3 is 5.97 Å². The first-order chi connectivity index (χ1) is 15.4. The van der Waals surface area contributed by atoms with Crippen LogP contribution in [-0.4, -0.2) is 30.5 Å². The van der Waals surface area contributed by atoms with Gasteiger partial charge in [-0.2, -0.15) is 4.72 Å². The predicted molar refractivity (Wildman–Crippen MR) is 124 cm³/mol. The molecule has 1 atom stereocenters. The van der Waals surface area contributed by atoms with Gasteiger partial charge in [-0.3, -0.25) is 9.78 Å². The molecule has 0 amide bonds. The van der Waals surface area contributed by atoms with E-state index in [0.29, 0.717) is 10.4 Å². The Morgan fingerprint density at radius 1 is 1.03 bits per heavy atom. The highest BCUT2D eigenvalue weighted by molar-refractivity contribution is 7.91. The van der Waals surface area contributed by atoms with Gasteiger partial charge in [0.25, 0.3) is 10.0 Å². The van der Waals surface area contributed by atoms with Crippen LogP contribution in [0.1, 0.15) is 16.0 Å². The molecule has 2 aromatic heterocycles. The molecular formula is C24H18N2O4S2. The number of carboxylic acids is 1. The number of rotatable bonds is 6. The van der Waals surface area contributed by atoms with E-state index in [2.05, 4.69) is 21.5 Å². The van der Waals surface area contributed by atoms with Crippen molar-refractivity contribution in [2.75, 3.05) is 0 Å². The van der Waals surface area contributed by atoms with Crippen molar-refractivity contribution in [3.8, 4) is 11.8 Å². The average Bonchev–Trinajstić information content (AvgIpc) is 3.28. The molecule has 0 spiro atoms. The number of hydrogen-bond donors (Lipinski definition) is 2. The summed E-state index contributed by atoms with van der Waals surface area (Å²) in [6.45, 7) is 0. The number of benzene rings is 2. The van der Waals surface area contributed by atoms with Crippen molar-refractivity contribution in [2.24, 2.45) is 0 Å². The lowest BCUT2D eigenvalue weighted by Gasteiger charge is -2.14. The molecular weight excluding hydrogens is 444 g/mol. The summed E-state index contributed by atoms with van der Waals surface area (Å²) in [5, 5.41) is 10.5. The number of aromatic nitrogens is 1. The molecule has 160 valence electrons. The van der Waals surface area contributed by atoms with Gasteiger partial charge in [0.2, 0.25) is 0 Å². The second kappa shape index (κ2) is 9.32. The van der Waals surface area contributed by atoms with Crippen LogP contribution in [0.25, 0.3) is 10.9 Å². The summed E-state index contributed by atoms with van der Waals surface area (Å²) in [6.07, 6.45) is 1.54. The number of aliphatic carboxylic acids is 1. The molecule has 6 nitrogen and oxygen atoms in total. The highest BCUT2D eigenvalue weighted by Crippen LogP contribution is 2.22. The summed E-state index contributed by atoms with van der Waals surface area (Å²) in [5.41, 5.74) is 2.23. The Kier molecular flexibility index (Phi) is 6.32. The first kappa shape index (κ1) is 21.7. The highest BCUT2D eigenvalue weighted by atomic mass is 32.2. The van der Waals surface area contributed by atoms with Gasteiger partial charge in [0, 0.05) is 23.6 Å². The lowest BCUT2D eigenvalue weighted by atomic mass is 10.1. The molecule has 0 aliphatic heterocycles. The summed E-state index contributed by atoms with van der Waals surface area (Å²) in [4.78, 5) is 16.7. The van der Waals surface area contributed by atoms with Crippen LogP contribution in [0.5, 0.6) is 0 Å². The smallest absolute Gasteiger partial charge is 0.322 e. The molecule has 1 unspecified atom stereocenters. The Labute approximate surface area is 189 Å². The number of pyridine rings is 1. The Bertz CT molecular complexity index is 1430. The third kappa shape index (κ3) is 5.21. The average molecular weight is 463 g/mol. The fraction of sp³-hybridized carbons (Fsp3) is 0.0833. The summed E-state index contributed by atoms with van der Waals surface area (Å²) in [5.74, 6) is 4.65. The van der Waals surface area contributed by atoms with Crippen molar-refractivity contribution >= 4 is 38.2 Å². The summed E-state index contributed by atoms with van der Waals surface area (Å²) in [6, 6.07) is 20.3. The van der Waals surface area contributed by atoms with Crippen molar-refractivity contribution in [3.63, 3.8) is 0 Å². The first-order valence-electron chi connectivity index (χ1n) is 9.66. The third-order valence-corrected chi connectivity index (χ3v) is 7.60. The minimum absolute atomic E-state index is 0.0118. The van der Waals surface area contributed by atoms with Crippen molar-refractivity contribution < 1.29 is 18.3 Å². The predicted octanol–water partition coefficient (Wildman–Crippen LogP) is 3.67. The number of hydrogen-bond acceptors (Lipinski definition) is 5. The van der Waals surface area contributed by atoms with Crippen LogP contribution in [0.3, 0.4) is 0 Å². The molecule has 32 heavy (non-hydrogen) atoms. The van der Waals surface area contributed by atoms with E-state index in [1.807, 2.05) is 60.7 Å². The Morgan fingerprint density at radius 3 is 2.56 bits per heavy atom. The highest BCUT2D eigenvalue weighted by Gasteiger charge is 2.27. The first-order valence-corrected chi connectivity index (χ1v) is 12.0. The number of thiophene rings is 1. The fourth-order valence-corrected chi connectivity index (χ4v) is 5.44. The molecule has 4 rings (SSSR count). The van der Waals surface area contributed by atoms with E-state index in [9.17, 15) is 18.3 Å². The molecule has 0 aliphatic rings. The van der Waals surface area contributed by atoms with E-state index in [4.69, 9.17) is 0 Å². The second-order valence-corrected chi connectivity index (χ2v) is 10.0. The van der Waals surface area contributed by atoms with Gasteiger partial charge in [0.05, 0.1) is 10.4 Å². The largest absolute Gasteiger partial charge is 0.480 e. The molecule has 4 aromatic rings. The van der Waals surface area contributed by atoms with Crippen LogP contribution in [0, 0.1) is 11.8 Å². The number of nitrogens with zero attached hydrogens (tertiary/aromatic N) is 1. The third-order valence-electron chi connectivity index (χ3n) is 4.63. The molecule has 0 saturated carbocycles. The van der Waals surface area contributed by atoms with E-state index >= 15 is 0 Å². The van der Waals surface area contributed by atoms with Gasteiger partial charge in [-0.15, -0.1) is 11.3 Å². The molecule has 0 aliphatic carbocycles. The zero-order valence-electron chi connectivity index (χ0n) is 16.7. The maximum Gasteiger partial charge on any atom is 0.322 e. The van der Waals surface area contributed by atoms with Crippen molar-refractivity contribution in [3.05, 3.63) is 95.0 Å². The Balaban J connectivity index is 1.52. The van der Waals surface area contributed by atoms with E-state index < -0.39 is 22.0 Å². The van der Waals surface area contributed by atoms with E-state index in [-0.39, 0.29) is 10.6 Å². The van der Waals surface area contributed by atoms with Gasteiger partial charge in [0.1, 0.15) is 10.3 Å². The monoisotopic (exact) mass is 462 g/mol. The van der Waals surface area contributed by atoms with Crippen LogP contribution >= 0.6 is 11.3 Å². The van der Waals surface area contributed by atoms with Gasteiger partial charge in [-0.05, 0) is 42.0 Å². The SMILES string of the molecule is O=C(O)C(Cc1cnc2ccccc2c1)NS(=O)(=O)c1ccc(C#Cc2ccccc2)s1. The summed E-state index contributed by atoms with van der Waals surface area (Å²) in [7, 11) is -4.03. The minimum Gasteiger partial charge on any atom is -0.480 e. The molecule has 2 N–H and O–H groups in total. The van der Waals surface area contributed by atoms with Crippen LogP contribution < -0.4 is 4.72 Å². The quantitative estimate of drug-likeness (QED) is 0.426. The number of nitrogens with one attached hydrogen (secondary N) is 1. The molecule has 0 saturated heterocycles. The van der Waals surface area contributed by atoms with Crippen LogP contribution in [-0.2, 0) is 21.2 Å². The van der Waals surface area contributed by atoms with Crippen LogP contribution in [0.4, 0.5) is 0 Å². The maximum absolute atomic E-state index is 12.8. The van der Waals surface area contributed by atoms with E-state index in [1.165, 1.54) is 6.07 Å². The van der Waals surface area contributed by atoms with Gasteiger partial charge < -0.3 is 5.11 Å². The van der Waals surface area contributed by atoms with Crippen molar-refractivity contribution in [1.82, 2.24) is 9.71 Å². The number of carbonyl (C=O) groups is 1. The molecule has 2 aromatic carbocycles. The molecule has 2 heterocycles. The van der Waals surface area contributed by atoms with E-state index in [0.717, 1.165) is 27.8 Å². The van der Waals surface area contributed by atoms with Crippen molar-refractivity contribution in [1.29, 1.82) is 0 Å². The zero-order valence-corrected chi connectivity index (χ0v) is 18.4. The topological polar surface area (TPSA) is 96.4 Å². The lowest BCUT2D eigenvalue weighted by Crippen LogP contribution is -2.42. The lowest BCUT2D eigenvalue weighted by molar-refractivity contribution is -0.138. The normalized spacial score (nSPS) is 12.1. The number of fused-ring (bicyclic) bond motifs is 1. The number of carboxylic acid groups (broad SMARTS) is 1. The van der Waals surface area contributed by atoms with Gasteiger partial charge in [-0.1, -0.05) is 48.2 Å². The van der Waals surface area contributed by atoms with Gasteiger partial charge in [-0.25, -0.2) is 8.42 Å². The number of sulfonamides is 1. The van der Waals surface area contributed by atoms with Gasteiger partial charge in [0.15, 0.2) is 0 Å². The van der Waals surface area contributed by atoms with Crippen molar-refractivity contribution in [2.45, 2.75) is 16.7 Å². The Hall–Kier alpha value is -3.51. The fourth-order valence-electron chi connectivity index (χ4n) is 3.08. The number of para-hydroxylation sites is 1. The summed E-state index contributed by atoms with van der Waals surface area (Å²) < 4.78 is 27.9. The molecule has 0 bridgehead atoms.